The number of ether oxygens (including phenoxy) is 1. The van der Waals surface area contributed by atoms with Gasteiger partial charge in [0.25, 0.3) is 0 Å². The molecule has 1 fully saturated rings. The number of aromatic nitrogens is 2. The second kappa shape index (κ2) is 12.9. The Morgan fingerprint density at radius 2 is 1.92 bits per heavy atom. The van der Waals surface area contributed by atoms with E-state index in [2.05, 4.69) is 42.7 Å². The van der Waals surface area contributed by atoms with E-state index in [0.29, 0.717) is 38.5 Å². The molecule has 1 aliphatic heterocycles. The summed E-state index contributed by atoms with van der Waals surface area (Å²) >= 11 is 6.42. The summed E-state index contributed by atoms with van der Waals surface area (Å²) in [5.74, 6) is 0.817. The van der Waals surface area contributed by atoms with Crippen LogP contribution in [-0.2, 0) is 15.6 Å². The molecule has 39 heavy (non-hydrogen) atoms. The zero-order chi connectivity index (χ0) is 27.9. The fourth-order valence-corrected chi connectivity index (χ4v) is 5.24. The summed E-state index contributed by atoms with van der Waals surface area (Å²) in [5, 5.41) is 12.8. The van der Waals surface area contributed by atoms with Gasteiger partial charge >= 0.3 is 0 Å². The zero-order valence-electron chi connectivity index (χ0n) is 22.1. The molecule has 1 amide bonds. The number of hydrogen-bond acceptors (Lipinski definition) is 9. The van der Waals surface area contributed by atoms with Gasteiger partial charge in [0.05, 0.1) is 51.8 Å². The molecule has 1 unspecified atom stereocenters. The van der Waals surface area contributed by atoms with E-state index in [4.69, 9.17) is 16.3 Å². The molecule has 3 aromatic rings. The molecule has 1 aromatic heterocycles. The van der Waals surface area contributed by atoms with Crippen molar-refractivity contribution in [2.45, 2.75) is 24.0 Å². The Morgan fingerprint density at radius 1 is 1.18 bits per heavy atom. The molecule has 0 spiro atoms. The third kappa shape index (κ3) is 6.86. The number of hydrogen-bond donors (Lipinski definition) is 4. The number of benzene rings is 2. The summed E-state index contributed by atoms with van der Waals surface area (Å²) in [6.07, 6.45) is 2.70. The van der Waals surface area contributed by atoms with Gasteiger partial charge in [-0.05, 0) is 24.3 Å². The molecule has 10 nitrogen and oxygen atoms in total. The number of piperazine rings is 1. The Bertz CT molecular complexity index is 1380. The standard InChI is InChI=1S/C27H32ClN7O3S/c1-5-25(36)31-20-14-21(23(38-4)15-22(20)35-12-10-29-11-13-35)33-27-30-16-18(28)26(34-27)32-19-8-6-7-9-24(19)39(37)17(2)3/h5-9,14-17,29H,1,10-13H2,2-4H3,(H,31,36)(H2,30,32,33,34). The summed E-state index contributed by atoms with van der Waals surface area (Å²) in [6, 6.07) is 11.0. The van der Waals surface area contributed by atoms with Crippen molar-refractivity contribution in [3.8, 4) is 5.75 Å². The highest BCUT2D eigenvalue weighted by atomic mass is 35.5. The summed E-state index contributed by atoms with van der Waals surface area (Å²) in [4.78, 5) is 24.0. The average molecular weight is 570 g/mol. The SMILES string of the molecule is C=CC(=O)Nc1cc(Nc2ncc(Cl)c(Nc3ccccc3S(=O)C(C)C)n2)c(OC)cc1N1CCNCC1. The smallest absolute Gasteiger partial charge is 0.247 e. The molecule has 4 rings (SSSR count). The molecule has 1 aliphatic rings. The van der Waals surface area contributed by atoms with Crippen LogP contribution in [0.2, 0.25) is 5.02 Å². The number of carbonyl (C=O) groups is 1. The maximum Gasteiger partial charge on any atom is 0.247 e. The quantitative estimate of drug-likeness (QED) is 0.258. The lowest BCUT2D eigenvalue weighted by molar-refractivity contribution is -0.111. The van der Waals surface area contributed by atoms with Crippen LogP contribution in [0.3, 0.4) is 0 Å². The lowest BCUT2D eigenvalue weighted by Gasteiger charge is -2.31. The van der Waals surface area contributed by atoms with Crippen molar-refractivity contribution >= 4 is 62.8 Å². The predicted octanol–water partition coefficient (Wildman–Crippen LogP) is 4.68. The molecular formula is C27H32ClN7O3S. The number of nitrogens with zero attached hydrogens (tertiary/aromatic N) is 3. The Kier molecular flexibility index (Phi) is 9.39. The molecule has 4 N–H and O–H groups in total. The van der Waals surface area contributed by atoms with Crippen molar-refractivity contribution in [1.29, 1.82) is 0 Å². The largest absolute Gasteiger partial charge is 0.494 e. The first kappa shape index (κ1) is 28.3. The number of methoxy groups -OCH3 is 1. The highest BCUT2D eigenvalue weighted by molar-refractivity contribution is 7.85. The molecule has 12 heteroatoms. The number of carbonyl (C=O) groups excluding carboxylic acids is 1. The summed E-state index contributed by atoms with van der Waals surface area (Å²) in [5.41, 5.74) is 2.62. The predicted molar refractivity (Wildman–Crippen MR) is 158 cm³/mol. The molecule has 1 saturated heterocycles. The van der Waals surface area contributed by atoms with E-state index in [1.54, 1.807) is 13.2 Å². The van der Waals surface area contributed by atoms with Crippen LogP contribution >= 0.6 is 11.6 Å². The average Bonchev–Trinajstić information content (AvgIpc) is 2.95. The lowest BCUT2D eigenvalue weighted by atomic mass is 10.1. The summed E-state index contributed by atoms with van der Waals surface area (Å²) < 4.78 is 18.5. The van der Waals surface area contributed by atoms with Crippen molar-refractivity contribution in [2.24, 2.45) is 0 Å². The van der Waals surface area contributed by atoms with E-state index >= 15 is 0 Å². The second-order valence-electron chi connectivity index (χ2n) is 8.98. The van der Waals surface area contributed by atoms with Gasteiger partial charge in [-0.1, -0.05) is 44.2 Å². The van der Waals surface area contributed by atoms with Crippen molar-refractivity contribution in [3.63, 3.8) is 0 Å². The monoisotopic (exact) mass is 569 g/mol. The van der Waals surface area contributed by atoms with Crippen molar-refractivity contribution < 1.29 is 13.7 Å². The van der Waals surface area contributed by atoms with Gasteiger partial charge in [0.15, 0.2) is 5.82 Å². The Hall–Kier alpha value is -3.67. The fraction of sp³-hybridized carbons (Fsp3) is 0.296. The molecule has 1 atom stereocenters. The minimum absolute atomic E-state index is 0.0570. The van der Waals surface area contributed by atoms with Gasteiger partial charge in [-0.15, -0.1) is 0 Å². The summed E-state index contributed by atoms with van der Waals surface area (Å²) in [7, 11) is 0.363. The van der Waals surface area contributed by atoms with Gasteiger partial charge in [0.2, 0.25) is 11.9 Å². The highest BCUT2D eigenvalue weighted by Gasteiger charge is 2.20. The normalized spacial score (nSPS) is 14.0. The topological polar surface area (TPSA) is 121 Å². The van der Waals surface area contributed by atoms with E-state index in [1.807, 2.05) is 44.2 Å². The van der Waals surface area contributed by atoms with E-state index in [-0.39, 0.29) is 17.1 Å². The molecular weight excluding hydrogens is 538 g/mol. The molecule has 0 saturated carbocycles. The minimum Gasteiger partial charge on any atom is -0.494 e. The van der Waals surface area contributed by atoms with Crippen LogP contribution in [0.15, 0.2) is 60.1 Å². The van der Waals surface area contributed by atoms with Crippen LogP contribution in [0.5, 0.6) is 5.75 Å². The van der Waals surface area contributed by atoms with Gasteiger partial charge in [-0.25, -0.2) is 4.98 Å². The molecule has 0 bridgehead atoms. The summed E-state index contributed by atoms with van der Waals surface area (Å²) in [6.45, 7) is 10.6. The number of halogens is 1. The van der Waals surface area contributed by atoms with Gasteiger partial charge in [0.1, 0.15) is 10.8 Å². The number of amides is 1. The van der Waals surface area contributed by atoms with Gasteiger partial charge < -0.3 is 30.9 Å². The Labute approximate surface area is 235 Å². The molecule has 0 radical (unpaired) electrons. The Balaban J connectivity index is 1.67. The third-order valence-electron chi connectivity index (χ3n) is 5.99. The number of anilines is 6. The second-order valence-corrected chi connectivity index (χ2v) is 11.4. The van der Waals surface area contributed by atoms with Crippen LogP contribution < -0.4 is 30.9 Å². The third-order valence-corrected chi connectivity index (χ3v) is 7.92. The van der Waals surface area contributed by atoms with Gasteiger partial charge in [-0.2, -0.15) is 4.98 Å². The minimum atomic E-state index is -1.21. The number of rotatable bonds is 10. The van der Waals surface area contributed by atoms with Crippen molar-refractivity contribution in [3.05, 3.63) is 60.3 Å². The lowest BCUT2D eigenvalue weighted by Crippen LogP contribution is -2.43. The maximum absolute atomic E-state index is 12.8. The van der Waals surface area contributed by atoms with E-state index in [0.717, 1.165) is 31.9 Å². The zero-order valence-corrected chi connectivity index (χ0v) is 23.7. The molecule has 206 valence electrons. The fourth-order valence-electron chi connectivity index (χ4n) is 4.05. The number of nitrogens with one attached hydrogen (secondary N) is 4. The van der Waals surface area contributed by atoms with Crippen LogP contribution in [0.25, 0.3) is 0 Å². The molecule has 0 aliphatic carbocycles. The molecule has 2 aromatic carbocycles. The van der Waals surface area contributed by atoms with Crippen molar-refractivity contribution in [1.82, 2.24) is 15.3 Å². The Morgan fingerprint density at radius 3 is 2.62 bits per heavy atom. The first-order valence-electron chi connectivity index (χ1n) is 12.5. The van der Waals surface area contributed by atoms with E-state index in [9.17, 15) is 9.00 Å². The van der Waals surface area contributed by atoms with E-state index in [1.165, 1.54) is 12.3 Å². The van der Waals surface area contributed by atoms with Crippen LogP contribution in [-0.4, -0.2) is 58.6 Å². The van der Waals surface area contributed by atoms with Crippen molar-refractivity contribution in [2.75, 3.05) is 54.1 Å². The first-order chi connectivity index (χ1) is 18.8. The highest BCUT2D eigenvalue weighted by Crippen LogP contribution is 2.39. The number of para-hydroxylation sites is 1. The first-order valence-corrected chi connectivity index (χ1v) is 14.1. The van der Waals surface area contributed by atoms with Crippen LogP contribution in [0.1, 0.15) is 13.8 Å². The van der Waals surface area contributed by atoms with Crippen LogP contribution in [0.4, 0.5) is 34.5 Å². The van der Waals surface area contributed by atoms with Gasteiger partial charge in [-0.3, -0.25) is 9.00 Å². The maximum atomic E-state index is 12.8. The molecule has 2 heterocycles. The van der Waals surface area contributed by atoms with Crippen LogP contribution in [0, 0.1) is 0 Å². The van der Waals surface area contributed by atoms with E-state index < -0.39 is 10.8 Å². The van der Waals surface area contributed by atoms with Gasteiger partial charge in [0, 0.05) is 37.5 Å².